The molecule has 24 heavy (non-hydrogen) atoms. The molecule has 10 heteroatoms. The molecule has 0 radical (unpaired) electrons. The Hall–Kier alpha value is -2.30. The van der Waals surface area contributed by atoms with Crippen LogP contribution in [0.2, 0.25) is 0 Å². The third kappa shape index (κ3) is 7.81. The predicted molar refractivity (Wildman–Crippen MR) is 82.1 cm³/mol. The third-order valence-electron chi connectivity index (χ3n) is 3.04. The van der Waals surface area contributed by atoms with Crippen LogP contribution >= 0.6 is 0 Å². The van der Waals surface area contributed by atoms with Crippen molar-refractivity contribution in [1.29, 1.82) is 0 Å². The normalized spacial score (nSPS) is 13.5. The second kappa shape index (κ2) is 11.3. The van der Waals surface area contributed by atoms with E-state index in [9.17, 15) is 19.2 Å². The highest BCUT2D eigenvalue weighted by Gasteiger charge is 2.23. The van der Waals surface area contributed by atoms with Gasteiger partial charge in [0.15, 0.2) is 0 Å². The van der Waals surface area contributed by atoms with Gasteiger partial charge < -0.3 is 14.8 Å². The molecule has 0 saturated heterocycles. The molecule has 0 aromatic carbocycles. The Bertz CT molecular complexity index is 476. The molecule has 0 fully saturated rings. The summed E-state index contributed by atoms with van der Waals surface area (Å²) in [4.78, 5) is 45.9. The van der Waals surface area contributed by atoms with Gasteiger partial charge in [-0.1, -0.05) is 0 Å². The number of nitrogens with one attached hydrogen (secondary N) is 2. The fourth-order valence-corrected chi connectivity index (χ4v) is 1.77. The first-order chi connectivity index (χ1) is 11.5. The lowest BCUT2D eigenvalue weighted by molar-refractivity contribution is -0.137. The largest absolute Gasteiger partial charge is 0.379 e. The van der Waals surface area contributed by atoms with Crippen LogP contribution in [0.1, 0.15) is 12.8 Å². The minimum Gasteiger partial charge on any atom is -0.379 e. The van der Waals surface area contributed by atoms with Crippen LogP contribution in [-0.4, -0.2) is 68.0 Å². The predicted octanol–water partition coefficient (Wildman–Crippen LogP) is -2.17. The highest BCUT2D eigenvalue weighted by Crippen LogP contribution is 2.03. The van der Waals surface area contributed by atoms with Gasteiger partial charge in [0.2, 0.25) is 11.8 Å². The van der Waals surface area contributed by atoms with E-state index in [1.54, 1.807) is 0 Å². The molecule has 1 aliphatic heterocycles. The molecule has 0 unspecified atom stereocenters. The zero-order valence-electron chi connectivity index (χ0n) is 13.3. The number of amides is 4. The molecule has 0 aliphatic carbocycles. The van der Waals surface area contributed by atoms with Crippen molar-refractivity contribution in [3.05, 3.63) is 12.2 Å². The Kier molecular flexibility index (Phi) is 9.27. The Balaban J connectivity index is 1.92. The quantitative estimate of drug-likeness (QED) is 0.120. The van der Waals surface area contributed by atoms with Crippen molar-refractivity contribution in [3.8, 4) is 0 Å². The smallest absolute Gasteiger partial charge is 0.253 e. The van der Waals surface area contributed by atoms with Crippen molar-refractivity contribution in [2.75, 3.05) is 39.5 Å². The first kappa shape index (κ1) is 19.7. The van der Waals surface area contributed by atoms with Crippen molar-refractivity contribution in [2.45, 2.75) is 12.8 Å². The first-order valence-corrected chi connectivity index (χ1v) is 7.49. The third-order valence-corrected chi connectivity index (χ3v) is 3.04. The van der Waals surface area contributed by atoms with Crippen LogP contribution < -0.4 is 16.6 Å². The average molecular weight is 342 g/mol. The van der Waals surface area contributed by atoms with Gasteiger partial charge in [-0.2, -0.15) is 0 Å². The molecule has 0 bridgehead atoms. The van der Waals surface area contributed by atoms with Crippen LogP contribution in [0.5, 0.6) is 0 Å². The summed E-state index contributed by atoms with van der Waals surface area (Å²) in [5.41, 5.74) is 1.99. The Labute approximate surface area is 139 Å². The van der Waals surface area contributed by atoms with E-state index in [0.717, 1.165) is 4.90 Å². The molecule has 1 aliphatic rings. The number of carbonyl (C=O) groups excluding carboxylic acids is 4. The van der Waals surface area contributed by atoms with Crippen molar-refractivity contribution >= 4 is 23.6 Å². The summed E-state index contributed by atoms with van der Waals surface area (Å²) < 4.78 is 10.4. The molecule has 10 nitrogen and oxygen atoms in total. The highest BCUT2D eigenvalue weighted by atomic mass is 16.5. The molecule has 0 saturated carbocycles. The van der Waals surface area contributed by atoms with Gasteiger partial charge in [0.1, 0.15) is 0 Å². The Morgan fingerprint density at radius 2 is 1.58 bits per heavy atom. The standard InChI is InChI=1S/C14H22N4O6/c15-17-12(20)4-7-23-9-10-24-8-5-16-11(19)3-6-18-13(21)1-2-14(18)22/h1-2H,3-10,15H2,(H,16,19)(H,17,20). The number of hydrogen-bond donors (Lipinski definition) is 3. The topological polar surface area (TPSA) is 140 Å². The maximum atomic E-state index is 11.6. The molecule has 1 rings (SSSR count). The van der Waals surface area contributed by atoms with Crippen LogP contribution in [0.4, 0.5) is 0 Å². The Morgan fingerprint density at radius 1 is 0.958 bits per heavy atom. The average Bonchev–Trinajstić information content (AvgIpc) is 2.89. The van der Waals surface area contributed by atoms with Crippen molar-refractivity contribution in [2.24, 2.45) is 5.84 Å². The van der Waals surface area contributed by atoms with Crippen LogP contribution in [0, 0.1) is 0 Å². The molecule has 134 valence electrons. The van der Waals surface area contributed by atoms with Crippen LogP contribution in [0.15, 0.2) is 12.2 Å². The van der Waals surface area contributed by atoms with Gasteiger partial charge in [-0.15, -0.1) is 0 Å². The summed E-state index contributed by atoms with van der Waals surface area (Å²) in [6.45, 7) is 1.60. The van der Waals surface area contributed by atoms with Gasteiger partial charge in [0.25, 0.3) is 11.8 Å². The van der Waals surface area contributed by atoms with Crippen molar-refractivity contribution in [1.82, 2.24) is 15.6 Å². The SMILES string of the molecule is NNC(=O)CCOCCOCCNC(=O)CCN1C(=O)C=CC1=O. The van der Waals surface area contributed by atoms with E-state index >= 15 is 0 Å². The van der Waals surface area contributed by atoms with Crippen LogP contribution in [0.3, 0.4) is 0 Å². The number of ether oxygens (including phenoxy) is 2. The second-order valence-corrected chi connectivity index (χ2v) is 4.80. The second-order valence-electron chi connectivity index (χ2n) is 4.80. The molecular formula is C14H22N4O6. The fraction of sp³-hybridized carbons (Fsp3) is 0.571. The lowest BCUT2D eigenvalue weighted by Crippen LogP contribution is -2.35. The molecule has 0 aromatic rings. The number of imide groups is 1. The monoisotopic (exact) mass is 342 g/mol. The number of hydrazine groups is 1. The van der Waals surface area contributed by atoms with E-state index in [4.69, 9.17) is 15.3 Å². The van der Waals surface area contributed by atoms with E-state index < -0.39 is 11.8 Å². The van der Waals surface area contributed by atoms with Gasteiger partial charge in [0.05, 0.1) is 32.8 Å². The molecule has 0 aromatic heterocycles. The summed E-state index contributed by atoms with van der Waals surface area (Å²) >= 11 is 0. The van der Waals surface area contributed by atoms with Gasteiger partial charge in [-0.25, -0.2) is 5.84 Å². The molecule has 0 spiro atoms. The zero-order valence-corrected chi connectivity index (χ0v) is 13.3. The van der Waals surface area contributed by atoms with Gasteiger partial charge in [-0.05, 0) is 0 Å². The van der Waals surface area contributed by atoms with Crippen molar-refractivity contribution < 1.29 is 28.7 Å². The summed E-state index contributed by atoms with van der Waals surface area (Å²) in [6.07, 6.45) is 2.59. The molecule has 0 atom stereocenters. The van der Waals surface area contributed by atoms with Crippen LogP contribution in [-0.2, 0) is 28.7 Å². The highest BCUT2D eigenvalue weighted by molar-refractivity contribution is 6.13. The molecule has 4 N–H and O–H groups in total. The number of carbonyl (C=O) groups is 4. The molecular weight excluding hydrogens is 320 g/mol. The Morgan fingerprint density at radius 3 is 2.21 bits per heavy atom. The summed E-state index contributed by atoms with van der Waals surface area (Å²) in [6, 6.07) is 0. The number of nitrogens with two attached hydrogens (primary N) is 1. The van der Waals surface area contributed by atoms with E-state index in [0.29, 0.717) is 26.4 Å². The lowest BCUT2D eigenvalue weighted by Gasteiger charge is -2.13. The van der Waals surface area contributed by atoms with E-state index in [1.807, 2.05) is 5.43 Å². The van der Waals surface area contributed by atoms with E-state index in [-0.39, 0.29) is 37.8 Å². The minimum absolute atomic E-state index is 0.0471. The van der Waals surface area contributed by atoms with E-state index in [1.165, 1.54) is 12.2 Å². The molecule has 1 heterocycles. The van der Waals surface area contributed by atoms with Gasteiger partial charge in [0, 0.05) is 31.7 Å². The van der Waals surface area contributed by atoms with Crippen molar-refractivity contribution in [3.63, 3.8) is 0 Å². The minimum atomic E-state index is -0.403. The number of nitrogens with zero attached hydrogens (tertiary/aromatic N) is 1. The van der Waals surface area contributed by atoms with E-state index in [2.05, 4.69) is 5.32 Å². The molecule has 4 amide bonds. The maximum absolute atomic E-state index is 11.6. The fourth-order valence-electron chi connectivity index (χ4n) is 1.77. The number of hydrogen-bond acceptors (Lipinski definition) is 7. The zero-order chi connectivity index (χ0) is 17.8. The summed E-state index contributed by atoms with van der Waals surface area (Å²) in [7, 11) is 0. The number of rotatable bonds is 12. The summed E-state index contributed by atoms with van der Waals surface area (Å²) in [5, 5.41) is 2.62. The summed E-state index contributed by atoms with van der Waals surface area (Å²) in [5.74, 6) is 3.54. The maximum Gasteiger partial charge on any atom is 0.253 e. The van der Waals surface area contributed by atoms with Crippen LogP contribution in [0.25, 0.3) is 0 Å². The van der Waals surface area contributed by atoms with Gasteiger partial charge in [-0.3, -0.25) is 29.5 Å². The first-order valence-electron chi connectivity index (χ1n) is 7.49. The van der Waals surface area contributed by atoms with Gasteiger partial charge >= 0.3 is 0 Å². The lowest BCUT2D eigenvalue weighted by atomic mass is 10.3.